The maximum Gasteiger partial charge on any atom is 0.330 e. The number of aryl methyl sites for hydroxylation is 1. The lowest BCUT2D eigenvalue weighted by atomic mass is 10.2. The van der Waals surface area contributed by atoms with Crippen molar-refractivity contribution in [2.75, 3.05) is 0 Å². The van der Waals surface area contributed by atoms with Gasteiger partial charge in [-0.2, -0.15) is 4.98 Å². The van der Waals surface area contributed by atoms with Gasteiger partial charge in [0.05, 0.1) is 6.04 Å². The molecule has 0 saturated carbocycles. The van der Waals surface area contributed by atoms with Crippen molar-refractivity contribution < 1.29 is 8.91 Å². The van der Waals surface area contributed by atoms with Gasteiger partial charge in [-0.05, 0) is 19.1 Å². The van der Waals surface area contributed by atoms with Crippen LogP contribution < -0.4 is 16.6 Å². The fourth-order valence-electron chi connectivity index (χ4n) is 2.51. The maximum absolute atomic E-state index is 13.3. The minimum absolute atomic E-state index is 0.222. The van der Waals surface area contributed by atoms with Crippen LogP contribution in [0.5, 0.6) is 0 Å². The Labute approximate surface area is 147 Å². The van der Waals surface area contributed by atoms with E-state index in [2.05, 4.69) is 15.5 Å². The number of nitrogens with zero attached hydrogens (tertiary/aromatic N) is 4. The van der Waals surface area contributed by atoms with E-state index in [1.165, 1.54) is 29.9 Å². The van der Waals surface area contributed by atoms with Gasteiger partial charge >= 0.3 is 5.69 Å². The van der Waals surface area contributed by atoms with E-state index in [-0.39, 0.29) is 35.5 Å². The van der Waals surface area contributed by atoms with Crippen molar-refractivity contribution in [3.8, 4) is 11.4 Å². The van der Waals surface area contributed by atoms with Crippen LogP contribution in [0.3, 0.4) is 0 Å². The quantitative estimate of drug-likeness (QED) is 0.734. The highest BCUT2D eigenvalue weighted by molar-refractivity contribution is 5.53. The van der Waals surface area contributed by atoms with E-state index >= 15 is 0 Å². The second-order valence-electron chi connectivity index (χ2n) is 5.98. The lowest BCUT2D eigenvalue weighted by molar-refractivity contribution is 0.338. The summed E-state index contributed by atoms with van der Waals surface area (Å²) >= 11 is 0. The molecule has 0 aliphatic carbocycles. The first kappa shape index (κ1) is 17.7. The molecule has 0 spiro atoms. The normalized spacial score (nSPS) is 12.3. The second-order valence-corrected chi connectivity index (χ2v) is 5.98. The zero-order chi connectivity index (χ0) is 18.8. The van der Waals surface area contributed by atoms with Crippen molar-refractivity contribution in [2.45, 2.75) is 19.5 Å². The van der Waals surface area contributed by atoms with Crippen LogP contribution in [0, 0.1) is 5.82 Å². The molecule has 0 saturated heterocycles. The van der Waals surface area contributed by atoms with E-state index in [1.807, 2.05) is 0 Å². The summed E-state index contributed by atoms with van der Waals surface area (Å²) in [5.74, 6) is 0.211. The van der Waals surface area contributed by atoms with E-state index < -0.39 is 0 Å². The van der Waals surface area contributed by atoms with Gasteiger partial charge in [-0.15, -0.1) is 0 Å². The van der Waals surface area contributed by atoms with Gasteiger partial charge in [0.2, 0.25) is 11.7 Å². The molecule has 0 amide bonds. The Balaban J connectivity index is 1.75. The van der Waals surface area contributed by atoms with Crippen molar-refractivity contribution in [1.82, 2.24) is 24.6 Å². The zero-order valence-electron chi connectivity index (χ0n) is 14.6. The van der Waals surface area contributed by atoms with Gasteiger partial charge in [0.15, 0.2) is 0 Å². The van der Waals surface area contributed by atoms with Gasteiger partial charge in [0.1, 0.15) is 5.82 Å². The fraction of sp³-hybridized carbons (Fsp3) is 0.294. The lowest BCUT2D eigenvalue weighted by Gasteiger charge is -2.11. The topological polar surface area (TPSA) is 95.0 Å². The molecule has 0 aliphatic heterocycles. The Kier molecular flexibility index (Phi) is 4.81. The van der Waals surface area contributed by atoms with Gasteiger partial charge in [0, 0.05) is 38.0 Å². The van der Waals surface area contributed by atoms with Crippen molar-refractivity contribution in [1.29, 1.82) is 0 Å². The molecule has 1 atom stereocenters. The number of hydrogen-bond donors (Lipinski definition) is 1. The first-order chi connectivity index (χ1) is 12.4. The van der Waals surface area contributed by atoms with E-state index in [0.717, 1.165) is 4.57 Å². The van der Waals surface area contributed by atoms with Crippen molar-refractivity contribution in [2.24, 2.45) is 14.1 Å². The van der Waals surface area contributed by atoms with E-state index in [4.69, 9.17) is 4.52 Å². The SMILES string of the molecule is CC(NCc1cn(C)c(=O)n(C)c1=O)c1nc(-c2cccc(F)c2)no1. The summed E-state index contributed by atoms with van der Waals surface area (Å²) in [5, 5.41) is 6.96. The van der Waals surface area contributed by atoms with Crippen molar-refractivity contribution in [3.05, 3.63) is 68.6 Å². The summed E-state index contributed by atoms with van der Waals surface area (Å²) in [6, 6.07) is 5.57. The van der Waals surface area contributed by atoms with Gasteiger partial charge in [-0.1, -0.05) is 17.3 Å². The molecule has 0 fully saturated rings. The Morgan fingerprint density at radius 3 is 2.81 bits per heavy atom. The van der Waals surface area contributed by atoms with Gasteiger partial charge < -0.3 is 14.4 Å². The predicted octanol–water partition coefficient (Wildman–Crippen LogP) is 1.12. The minimum atomic E-state index is -0.386. The standard InChI is InChI=1S/C17H18FN5O3/c1-10(19-8-12-9-22(2)17(25)23(3)16(12)24)15-20-14(21-26-15)11-5-4-6-13(18)7-11/h4-7,9-10,19H,8H2,1-3H3. The zero-order valence-corrected chi connectivity index (χ0v) is 14.6. The molecule has 1 unspecified atom stereocenters. The molecular weight excluding hydrogens is 341 g/mol. The summed E-state index contributed by atoms with van der Waals surface area (Å²) in [6.45, 7) is 2.02. The maximum atomic E-state index is 13.3. The third-order valence-corrected chi connectivity index (χ3v) is 4.01. The molecule has 136 valence electrons. The predicted molar refractivity (Wildman–Crippen MR) is 91.9 cm³/mol. The average molecular weight is 359 g/mol. The van der Waals surface area contributed by atoms with Crippen LogP contribution in [0.15, 0.2) is 44.6 Å². The molecule has 1 aromatic carbocycles. The van der Waals surface area contributed by atoms with E-state index in [0.29, 0.717) is 17.0 Å². The highest BCUT2D eigenvalue weighted by atomic mass is 19.1. The van der Waals surface area contributed by atoms with Crippen LogP contribution in [0.2, 0.25) is 0 Å². The molecule has 1 N–H and O–H groups in total. The van der Waals surface area contributed by atoms with Crippen molar-refractivity contribution in [3.63, 3.8) is 0 Å². The highest BCUT2D eigenvalue weighted by Crippen LogP contribution is 2.19. The Bertz CT molecular complexity index is 1050. The minimum Gasteiger partial charge on any atom is -0.337 e. The Morgan fingerprint density at radius 2 is 2.08 bits per heavy atom. The van der Waals surface area contributed by atoms with Crippen LogP contribution in [0.1, 0.15) is 24.4 Å². The molecule has 3 aromatic rings. The third-order valence-electron chi connectivity index (χ3n) is 4.01. The van der Waals surface area contributed by atoms with Gasteiger partial charge in [-0.25, -0.2) is 9.18 Å². The van der Waals surface area contributed by atoms with E-state index in [1.54, 1.807) is 26.1 Å². The molecule has 2 heterocycles. The number of halogens is 1. The number of aromatic nitrogens is 4. The fourth-order valence-corrected chi connectivity index (χ4v) is 2.51. The molecule has 8 nitrogen and oxygen atoms in total. The molecule has 9 heteroatoms. The first-order valence-corrected chi connectivity index (χ1v) is 7.95. The monoisotopic (exact) mass is 359 g/mol. The molecule has 0 radical (unpaired) electrons. The second kappa shape index (κ2) is 7.04. The van der Waals surface area contributed by atoms with Gasteiger partial charge in [0.25, 0.3) is 5.56 Å². The van der Waals surface area contributed by atoms with Crippen LogP contribution in [-0.2, 0) is 20.6 Å². The summed E-state index contributed by atoms with van der Waals surface area (Å²) in [6.07, 6.45) is 1.50. The Hall–Kier alpha value is -3.07. The summed E-state index contributed by atoms with van der Waals surface area (Å²) in [4.78, 5) is 28.1. The molecule has 3 rings (SSSR count). The largest absolute Gasteiger partial charge is 0.337 e. The van der Waals surface area contributed by atoms with E-state index in [9.17, 15) is 14.0 Å². The molecule has 26 heavy (non-hydrogen) atoms. The van der Waals surface area contributed by atoms with Crippen molar-refractivity contribution >= 4 is 0 Å². The molecule has 0 bridgehead atoms. The Morgan fingerprint density at radius 1 is 1.31 bits per heavy atom. The highest BCUT2D eigenvalue weighted by Gasteiger charge is 2.16. The van der Waals surface area contributed by atoms with Crippen LogP contribution in [0.4, 0.5) is 4.39 Å². The number of rotatable bonds is 5. The summed E-state index contributed by atoms with van der Waals surface area (Å²) in [7, 11) is 3.01. The van der Waals surface area contributed by atoms with Crippen LogP contribution >= 0.6 is 0 Å². The summed E-state index contributed by atoms with van der Waals surface area (Å²) < 4.78 is 20.9. The number of nitrogens with one attached hydrogen (secondary N) is 1. The summed E-state index contributed by atoms with van der Waals surface area (Å²) in [5.41, 5.74) is 0.202. The molecule has 0 aliphatic rings. The first-order valence-electron chi connectivity index (χ1n) is 7.95. The number of hydrogen-bond acceptors (Lipinski definition) is 6. The van der Waals surface area contributed by atoms with Crippen LogP contribution in [-0.4, -0.2) is 19.3 Å². The van der Waals surface area contributed by atoms with Gasteiger partial charge in [-0.3, -0.25) is 9.36 Å². The molecular formula is C17H18FN5O3. The molecule has 2 aromatic heterocycles. The lowest BCUT2D eigenvalue weighted by Crippen LogP contribution is -2.39. The third kappa shape index (κ3) is 3.47. The smallest absolute Gasteiger partial charge is 0.330 e. The average Bonchev–Trinajstić information content (AvgIpc) is 3.12. The number of benzene rings is 1. The van der Waals surface area contributed by atoms with Crippen LogP contribution in [0.25, 0.3) is 11.4 Å².